The molecule has 0 radical (unpaired) electrons. The van der Waals surface area contributed by atoms with Gasteiger partial charge in [-0.3, -0.25) is 4.79 Å². The minimum atomic E-state index is -0.185. The summed E-state index contributed by atoms with van der Waals surface area (Å²) in [6, 6.07) is 16.4. The van der Waals surface area contributed by atoms with E-state index in [4.69, 9.17) is 4.74 Å². The van der Waals surface area contributed by atoms with Gasteiger partial charge in [-0.05, 0) is 43.3 Å². The number of anilines is 3. The topological polar surface area (TPSA) is 101 Å². The van der Waals surface area contributed by atoms with E-state index in [2.05, 4.69) is 31.1 Å². The molecule has 0 unspecified atom stereocenters. The van der Waals surface area contributed by atoms with Crippen molar-refractivity contribution in [3.63, 3.8) is 0 Å². The zero-order chi connectivity index (χ0) is 19.8. The fourth-order valence-corrected chi connectivity index (χ4v) is 2.53. The lowest BCUT2D eigenvalue weighted by Crippen LogP contribution is -2.29. The van der Waals surface area contributed by atoms with Gasteiger partial charge in [0.1, 0.15) is 17.4 Å². The van der Waals surface area contributed by atoms with Crippen LogP contribution in [0.2, 0.25) is 0 Å². The van der Waals surface area contributed by atoms with E-state index in [0.717, 1.165) is 5.69 Å². The number of aromatic nitrogens is 3. The van der Waals surface area contributed by atoms with Gasteiger partial charge in [0.25, 0.3) is 5.91 Å². The summed E-state index contributed by atoms with van der Waals surface area (Å²) in [6.45, 7) is 2.88. The van der Waals surface area contributed by atoms with Crippen molar-refractivity contribution in [2.75, 3.05) is 30.8 Å². The molecule has 0 saturated carbocycles. The number of benzene rings is 1. The number of ether oxygens (including phenoxy) is 1. The molecule has 3 N–H and O–H groups in total. The molecule has 2 aromatic heterocycles. The van der Waals surface area contributed by atoms with E-state index in [9.17, 15) is 4.79 Å². The first-order valence-electron chi connectivity index (χ1n) is 8.85. The Morgan fingerprint density at radius 1 is 0.929 bits per heavy atom. The number of methoxy groups -OCH3 is 1. The van der Waals surface area contributed by atoms with Gasteiger partial charge in [0.05, 0.1) is 12.7 Å². The van der Waals surface area contributed by atoms with Crippen molar-refractivity contribution < 1.29 is 9.53 Å². The van der Waals surface area contributed by atoms with Crippen molar-refractivity contribution in [3.05, 3.63) is 65.9 Å². The van der Waals surface area contributed by atoms with Crippen molar-refractivity contribution >= 4 is 23.4 Å². The molecule has 144 valence electrons. The standard InChI is InChI=1S/C20H22N6O2/c1-14-6-5-9-18(23-14)24-19-11-10-17(25-26-19)21-12-13-22-20(27)15-7-3-4-8-16(15)28-2/h3-11H,12-13H2,1-2H3,(H,21,25)(H,22,27)(H,23,24,26). The Morgan fingerprint density at radius 2 is 1.71 bits per heavy atom. The van der Waals surface area contributed by atoms with Crippen molar-refractivity contribution in [1.82, 2.24) is 20.5 Å². The summed E-state index contributed by atoms with van der Waals surface area (Å²) in [5, 5.41) is 17.3. The fourth-order valence-electron chi connectivity index (χ4n) is 2.53. The average molecular weight is 378 g/mol. The second-order valence-electron chi connectivity index (χ2n) is 5.98. The predicted octanol–water partition coefficient (Wildman–Crippen LogP) is 2.77. The van der Waals surface area contributed by atoms with Gasteiger partial charge in [-0.2, -0.15) is 0 Å². The van der Waals surface area contributed by atoms with E-state index >= 15 is 0 Å². The van der Waals surface area contributed by atoms with Crippen molar-refractivity contribution in [1.29, 1.82) is 0 Å². The Kier molecular flexibility index (Phi) is 6.35. The van der Waals surface area contributed by atoms with E-state index in [1.54, 1.807) is 25.3 Å². The van der Waals surface area contributed by atoms with Gasteiger partial charge in [-0.25, -0.2) is 4.98 Å². The lowest BCUT2D eigenvalue weighted by Gasteiger charge is -2.10. The largest absolute Gasteiger partial charge is 0.496 e. The SMILES string of the molecule is COc1ccccc1C(=O)NCCNc1ccc(Nc2cccc(C)n2)nn1. The van der Waals surface area contributed by atoms with Crippen LogP contribution in [0.1, 0.15) is 16.1 Å². The van der Waals surface area contributed by atoms with Crippen LogP contribution in [-0.2, 0) is 0 Å². The average Bonchev–Trinajstić information content (AvgIpc) is 2.72. The number of carbonyl (C=O) groups is 1. The summed E-state index contributed by atoms with van der Waals surface area (Å²) in [4.78, 5) is 16.6. The Balaban J connectivity index is 1.45. The van der Waals surface area contributed by atoms with Crippen molar-refractivity contribution in [2.45, 2.75) is 6.92 Å². The molecule has 1 amide bonds. The van der Waals surface area contributed by atoms with Crippen LogP contribution in [0.4, 0.5) is 17.5 Å². The third-order valence-corrected chi connectivity index (χ3v) is 3.88. The number of amides is 1. The van der Waals surface area contributed by atoms with Crippen molar-refractivity contribution in [2.24, 2.45) is 0 Å². The predicted molar refractivity (Wildman–Crippen MR) is 108 cm³/mol. The zero-order valence-electron chi connectivity index (χ0n) is 15.8. The molecule has 2 heterocycles. The molecule has 0 aliphatic heterocycles. The van der Waals surface area contributed by atoms with Crippen LogP contribution in [0, 0.1) is 6.92 Å². The lowest BCUT2D eigenvalue weighted by molar-refractivity contribution is 0.0952. The van der Waals surface area contributed by atoms with E-state index in [0.29, 0.717) is 41.9 Å². The first kappa shape index (κ1) is 19.1. The number of pyridine rings is 1. The highest BCUT2D eigenvalue weighted by molar-refractivity contribution is 5.96. The van der Waals surface area contributed by atoms with Crippen molar-refractivity contribution in [3.8, 4) is 5.75 Å². The van der Waals surface area contributed by atoms with Gasteiger partial charge in [-0.1, -0.05) is 18.2 Å². The molecule has 3 rings (SSSR count). The second kappa shape index (κ2) is 9.31. The fraction of sp³-hybridized carbons (Fsp3) is 0.200. The number of hydrogen-bond donors (Lipinski definition) is 3. The summed E-state index contributed by atoms with van der Waals surface area (Å²) in [7, 11) is 1.54. The van der Waals surface area contributed by atoms with E-state index in [-0.39, 0.29) is 5.91 Å². The number of nitrogens with one attached hydrogen (secondary N) is 3. The van der Waals surface area contributed by atoms with Gasteiger partial charge in [0, 0.05) is 18.8 Å². The van der Waals surface area contributed by atoms with Gasteiger partial charge in [0.15, 0.2) is 5.82 Å². The quantitative estimate of drug-likeness (QED) is 0.518. The highest BCUT2D eigenvalue weighted by atomic mass is 16.5. The number of nitrogens with zero attached hydrogens (tertiary/aromatic N) is 3. The molecule has 0 bridgehead atoms. The smallest absolute Gasteiger partial charge is 0.255 e. The molecule has 3 aromatic rings. The molecule has 28 heavy (non-hydrogen) atoms. The summed E-state index contributed by atoms with van der Waals surface area (Å²) >= 11 is 0. The lowest BCUT2D eigenvalue weighted by atomic mass is 10.2. The Labute approximate surface area is 163 Å². The monoisotopic (exact) mass is 378 g/mol. The molecular weight excluding hydrogens is 356 g/mol. The van der Waals surface area contributed by atoms with Crippen LogP contribution in [0.5, 0.6) is 5.75 Å². The number of para-hydroxylation sites is 1. The molecule has 1 aromatic carbocycles. The molecular formula is C20H22N6O2. The molecule has 0 aliphatic rings. The first-order chi connectivity index (χ1) is 13.7. The normalized spacial score (nSPS) is 10.2. The maximum absolute atomic E-state index is 12.2. The Bertz CT molecular complexity index is 930. The summed E-state index contributed by atoms with van der Waals surface area (Å²) in [5.74, 6) is 2.30. The van der Waals surface area contributed by atoms with E-state index in [1.807, 2.05) is 43.3 Å². The van der Waals surface area contributed by atoms with Crippen LogP contribution in [0.25, 0.3) is 0 Å². The summed E-state index contributed by atoms with van der Waals surface area (Å²) in [5.41, 5.74) is 1.43. The molecule has 0 spiro atoms. The summed E-state index contributed by atoms with van der Waals surface area (Å²) in [6.07, 6.45) is 0. The Hall–Kier alpha value is -3.68. The third-order valence-electron chi connectivity index (χ3n) is 3.88. The number of carbonyl (C=O) groups excluding carboxylic acids is 1. The zero-order valence-corrected chi connectivity index (χ0v) is 15.8. The third kappa shape index (κ3) is 5.16. The summed E-state index contributed by atoms with van der Waals surface area (Å²) < 4.78 is 5.20. The molecule has 8 heteroatoms. The number of hydrogen-bond acceptors (Lipinski definition) is 7. The van der Waals surface area contributed by atoms with Gasteiger partial charge in [-0.15, -0.1) is 10.2 Å². The van der Waals surface area contributed by atoms with Crippen LogP contribution in [0.15, 0.2) is 54.6 Å². The van der Waals surface area contributed by atoms with Crippen LogP contribution >= 0.6 is 0 Å². The highest BCUT2D eigenvalue weighted by Crippen LogP contribution is 2.16. The van der Waals surface area contributed by atoms with Gasteiger partial charge < -0.3 is 20.7 Å². The van der Waals surface area contributed by atoms with Crippen LogP contribution < -0.4 is 20.7 Å². The highest BCUT2D eigenvalue weighted by Gasteiger charge is 2.10. The molecule has 8 nitrogen and oxygen atoms in total. The second-order valence-corrected chi connectivity index (χ2v) is 5.98. The van der Waals surface area contributed by atoms with Crippen LogP contribution in [-0.4, -0.2) is 41.3 Å². The molecule has 0 saturated heterocycles. The number of aryl methyl sites for hydroxylation is 1. The minimum absolute atomic E-state index is 0.185. The maximum Gasteiger partial charge on any atom is 0.255 e. The molecule has 0 atom stereocenters. The Morgan fingerprint density at radius 3 is 2.46 bits per heavy atom. The number of rotatable bonds is 8. The minimum Gasteiger partial charge on any atom is -0.496 e. The molecule has 0 fully saturated rings. The van der Waals surface area contributed by atoms with E-state index in [1.165, 1.54) is 0 Å². The van der Waals surface area contributed by atoms with Gasteiger partial charge >= 0.3 is 0 Å². The van der Waals surface area contributed by atoms with E-state index < -0.39 is 0 Å². The first-order valence-corrected chi connectivity index (χ1v) is 8.85. The maximum atomic E-state index is 12.2. The van der Waals surface area contributed by atoms with Gasteiger partial charge in [0.2, 0.25) is 0 Å². The van der Waals surface area contributed by atoms with Crippen LogP contribution in [0.3, 0.4) is 0 Å². The molecule has 0 aliphatic carbocycles.